The Bertz CT molecular complexity index is 523. The van der Waals surface area contributed by atoms with E-state index in [-0.39, 0.29) is 12.0 Å². The first-order chi connectivity index (χ1) is 8.49. The zero-order valence-corrected chi connectivity index (χ0v) is 11.7. The summed E-state index contributed by atoms with van der Waals surface area (Å²) in [5.74, 6) is -1.07. The lowest BCUT2D eigenvalue weighted by Crippen LogP contribution is -2.00. The molecule has 0 fully saturated rings. The smallest absolute Gasteiger partial charge is 0.129 e. The second kappa shape index (κ2) is 5.37. The molecule has 0 aliphatic rings. The molecule has 96 valence electrons. The van der Waals surface area contributed by atoms with Crippen LogP contribution in [-0.4, -0.2) is 0 Å². The lowest BCUT2D eigenvalue weighted by atomic mass is 10.1. The molecule has 0 aliphatic carbocycles. The van der Waals surface area contributed by atoms with E-state index in [1.54, 1.807) is 11.3 Å². The quantitative estimate of drug-likeness (QED) is 0.683. The van der Waals surface area contributed by atoms with Gasteiger partial charge in [0.15, 0.2) is 0 Å². The molecule has 0 amide bonds. The van der Waals surface area contributed by atoms with Crippen molar-refractivity contribution in [3.8, 4) is 0 Å². The molecule has 0 aliphatic heterocycles. The van der Waals surface area contributed by atoms with Crippen LogP contribution in [0.4, 0.5) is 8.78 Å². The summed E-state index contributed by atoms with van der Waals surface area (Å²) < 4.78 is 27.0. The molecule has 2 aromatic rings. The van der Waals surface area contributed by atoms with Crippen LogP contribution in [0.3, 0.4) is 0 Å². The number of alkyl halides is 1. The maximum absolute atomic E-state index is 13.5. The fraction of sp³-hybridized carbons (Fsp3) is 0.286. The van der Waals surface area contributed by atoms with Gasteiger partial charge < -0.3 is 0 Å². The van der Waals surface area contributed by atoms with Crippen LogP contribution in [0.25, 0.3) is 0 Å². The molecule has 1 unspecified atom stereocenters. The molecule has 1 atom stereocenters. The van der Waals surface area contributed by atoms with Crippen molar-refractivity contribution in [2.24, 2.45) is 0 Å². The highest BCUT2D eigenvalue weighted by atomic mass is 35.5. The molecule has 0 nitrogen and oxygen atoms in total. The Hall–Kier alpha value is -0.930. The molecular weight excluding hydrogens is 274 g/mol. The number of hydrogen-bond donors (Lipinski definition) is 0. The lowest BCUT2D eigenvalue weighted by Gasteiger charge is -2.09. The maximum atomic E-state index is 13.5. The van der Waals surface area contributed by atoms with Crippen molar-refractivity contribution in [2.45, 2.75) is 25.6 Å². The normalized spacial score (nSPS) is 12.7. The van der Waals surface area contributed by atoms with E-state index in [9.17, 15) is 8.78 Å². The molecule has 2 rings (SSSR count). The van der Waals surface area contributed by atoms with Gasteiger partial charge in [0.1, 0.15) is 11.6 Å². The molecule has 4 heteroatoms. The molecule has 0 spiro atoms. The van der Waals surface area contributed by atoms with Gasteiger partial charge in [-0.1, -0.05) is 6.07 Å². The van der Waals surface area contributed by atoms with Crippen molar-refractivity contribution in [3.63, 3.8) is 0 Å². The van der Waals surface area contributed by atoms with E-state index in [4.69, 9.17) is 11.6 Å². The summed E-state index contributed by atoms with van der Waals surface area (Å²) in [5, 5.41) is -0.395. The second-order valence-electron chi connectivity index (χ2n) is 4.26. The minimum absolute atomic E-state index is 0.0567. The first-order valence-corrected chi connectivity index (χ1v) is 6.88. The van der Waals surface area contributed by atoms with E-state index < -0.39 is 17.0 Å². The summed E-state index contributed by atoms with van der Waals surface area (Å²) in [7, 11) is 0. The minimum atomic E-state index is -0.536. The Morgan fingerprint density at radius 2 is 1.83 bits per heavy atom. The first-order valence-electron chi connectivity index (χ1n) is 5.63. The van der Waals surface area contributed by atoms with Gasteiger partial charge >= 0.3 is 0 Å². The topological polar surface area (TPSA) is 0 Å². The molecule has 0 saturated heterocycles. The molecule has 1 aromatic carbocycles. The van der Waals surface area contributed by atoms with Crippen molar-refractivity contribution in [1.29, 1.82) is 0 Å². The van der Waals surface area contributed by atoms with Gasteiger partial charge in [0, 0.05) is 15.3 Å². The van der Waals surface area contributed by atoms with Crippen LogP contribution in [-0.2, 0) is 6.42 Å². The number of thiophene rings is 1. The van der Waals surface area contributed by atoms with Gasteiger partial charge in [0.05, 0.1) is 5.38 Å². The Balaban J connectivity index is 2.23. The number of aryl methyl sites for hydroxylation is 2. The highest BCUT2D eigenvalue weighted by Gasteiger charge is 2.17. The van der Waals surface area contributed by atoms with Crippen LogP contribution in [0.1, 0.15) is 26.3 Å². The number of hydrogen-bond acceptors (Lipinski definition) is 1. The highest BCUT2D eigenvalue weighted by Crippen LogP contribution is 2.33. The predicted molar refractivity (Wildman–Crippen MR) is 72.4 cm³/mol. The van der Waals surface area contributed by atoms with Gasteiger partial charge in [-0.25, -0.2) is 8.78 Å². The zero-order valence-electron chi connectivity index (χ0n) is 10.1. The molecule has 0 bridgehead atoms. The van der Waals surface area contributed by atoms with Crippen LogP contribution < -0.4 is 0 Å². The SMILES string of the molecule is Cc1cc(C(Cl)Cc2c(F)cccc2F)sc1C. The van der Waals surface area contributed by atoms with E-state index in [1.807, 2.05) is 19.9 Å². The van der Waals surface area contributed by atoms with Crippen LogP contribution in [0, 0.1) is 25.5 Å². The van der Waals surface area contributed by atoms with Crippen molar-refractivity contribution in [1.82, 2.24) is 0 Å². The van der Waals surface area contributed by atoms with Crippen molar-refractivity contribution >= 4 is 22.9 Å². The number of rotatable bonds is 3. The van der Waals surface area contributed by atoms with Crippen LogP contribution in [0.5, 0.6) is 0 Å². The summed E-state index contributed by atoms with van der Waals surface area (Å²) in [6.07, 6.45) is 0.166. The van der Waals surface area contributed by atoms with Gasteiger partial charge in [0.2, 0.25) is 0 Å². The zero-order chi connectivity index (χ0) is 13.3. The van der Waals surface area contributed by atoms with E-state index in [0.717, 1.165) is 10.4 Å². The van der Waals surface area contributed by atoms with Gasteiger partial charge in [-0.05, 0) is 44.0 Å². The molecule has 18 heavy (non-hydrogen) atoms. The van der Waals surface area contributed by atoms with E-state index >= 15 is 0 Å². The summed E-state index contributed by atoms with van der Waals surface area (Å²) in [6, 6.07) is 5.85. The maximum Gasteiger partial charge on any atom is 0.129 e. The Kier molecular flexibility index (Phi) is 4.03. The fourth-order valence-electron chi connectivity index (χ4n) is 1.76. The Labute approximate surface area is 114 Å². The van der Waals surface area contributed by atoms with Crippen LogP contribution in [0.2, 0.25) is 0 Å². The fourth-order valence-corrected chi connectivity index (χ4v) is 3.13. The summed E-state index contributed by atoms with van der Waals surface area (Å²) >= 11 is 7.82. The summed E-state index contributed by atoms with van der Waals surface area (Å²) in [5.41, 5.74) is 1.22. The third-order valence-corrected chi connectivity index (χ3v) is 4.72. The largest absolute Gasteiger partial charge is 0.207 e. The molecule has 0 radical (unpaired) electrons. The molecular formula is C14H13ClF2S. The minimum Gasteiger partial charge on any atom is -0.207 e. The summed E-state index contributed by atoms with van der Waals surface area (Å²) in [4.78, 5) is 2.14. The van der Waals surface area contributed by atoms with Crippen molar-refractivity contribution < 1.29 is 8.78 Å². The molecule has 0 saturated carbocycles. The Morgan fingerprint density at radius 3 is 2.33 bits per heavy atom. The summed E-state index contributed by atoms with van der Waals surface area (Å²) in [6.45, 7) is 4.01. The van der Waals surface area contributed by atoms with E-state index in [2.05, 4.69) is 0 Å². The van der Waals surface area contributed by atoms with Crippen LogP contribution in [0.15, 0.2) is 24.3 Å². The van der Waals surface area contributed by atoms with Gasteiger partial charge in [-0.3, -0.25) is 0 Å². The van der Waals surface area contributed by atoms with E-state index in [1.165, 1.54) is 23.1 Å². The monoisotopic (exact) mass is 286 g/mol. The van der Waals surface area contributed by atoms with Gasteiger partial charge in [-0.2, -0.15) is 0 Å². The molecule has 0 N–H and O–H groups in total. The van der Waals surface area contributed by atoms with Gasteiger partial charge in [-0.15, -0.1) is 22.9 Å². The van der Waals surface area contributed by atoms with Crippen molar-refractivity contribution in [2.75, 3.05) is 0 Å². The molecule has 1 aromatic heterocycles. The van der Waals surface area contributed by atoms with Crippen molar-refractivity contribution in [3.05, 3.63) is 56.8 Å². The van der Waals surface area contributed by atoms with Gasteiger partial charge in [0.25, 0.3) is 0 Å². The standard InChI is InChI=1S/C14H13ClF2S/c1-8-6-14(18-9(8)2)11(15)7-10-12(16)4-3-5-13(10)17/h3-6,11H,7H2,1-2H3. The number of halogens is 3. The second-order valence-corrected chi connectivity index (χ2v) is 6.07. The van der Waals surface area contributed by atoms with Crippen LogP contribution >= 0.6 is 22.9 Å². The predicted octanol–water partition coefficient (Wildman–Crippen LogP) is 5.17. The number of benzene rings is 1. The first kappa shape index (κ1) is 13.5. The third-order valence-electron chi connectivity index (χ3n) is 2.94. The lowest BCUT2D eigenvalue weighted by molar-refractivity contribution is 0.553. The highest BCUT2D eigenvalue weighted by molar-refractivity contribution is 7.12. The Morgan fingerprint density at radius 1 is 1.22 bits per heavy atom. The third kappa shape index (κ3) is 2.73. The molecule has 1 heterocycles. The van der Waals surface area contributed by atoms with E-state index in [0.29, 0.717) is 0 Å². The average molecular weight is 287 g/mol. The average Bonchev–Trinajstić information content (AvgIpc) is 2.64.